The van der Waals surface area contributed by atoms with E-state index in [4.69, 9.17) is 16.3 Å². The van der Waals surface area contributed by atoms with Crippen molar-refractivity contribution in [2.75, 3.05) is 18.4 Å². The van der Waals surface area contributed by atoms with Crippen LogP contribution >= 0.6 is 11.6 Å². The fourth-order valence-electron chi connectivity index (χ4n) is 2.16. The molecule has 2 aromatic rings. The number of halogens is 1. The quantitative estimate of drug-likeness (QED) is 0.736. The van der Waals surface area contributed by atoms with E-state index < -0.39 is 11.3 Å². The van der Waals surface area contributed by atoms with Gasteiger partial charge in [-0.1, -0.05) is 23.7 Å². The van der Waals surface area contributed by atoms with Gasteiger partial charge in [-0.05, 0) is 42.3 Å². The molecule has 0 aromatic heterocycles. The number of carbonyl (C=O) groups excluding carboxylic acids is 1. The topological polar surface area (TPSA) is 90.5 Å². The first-order valence-corrected chi connectivity index (χ1v) is 8.51. The van der Waals surface area contributed by atoms with Crippen molar-refractivity contribution in [1.29, 1.82) is 0 Å². The molecule has 8 heteroatoms. The molecule has 0 aliphatic heterocycles. The van der Waals surface area contributed by atoms with E-state index in [9.17, 15) is 13.6 Å². The van der Waals surface area contributed by atoms with Crippen molar-refractivity contribution in [2.45, 2.75) is 6.42 Å². The molecule has 1 amide bonds. The fourth-order valence-corrected chi connectivity index (χ4v) is 2.65. The summed E-state index contributed by atoms with van der Waals surface area (Å²) in [5.74, 6) is 0.158. The van der Waals surface area contributed by atoms with Crippen LogP contribution in [-0.4, -0.2) is 28.3 Å². The predicted octanol–water partition coefficient (Wildman–Crippen LogP) is 2.53. The van der Waals surface area contributed by atoms with Gasteiger partial charge in [0.05, 0.1) is 12.7 Å². The molecule has 2 N–H and O–H groups in total. The van der Waals surface area contributed by atoms with Gasteiger partial charge in [0, 0.05) is 28.5 Å². The molecule has 0 spiro atoms. The molecule has 0 heterocycles. The van der Waals surface area contributed by atoms with Crippen LogP contribution < -0.4 is 14.8 Å². The Balaban J connectivity index is 1.96. The van der Waals surface area contributed by atoms with Gasteiger partial charge in [0.15, 0.2) is 0 Å². The molecule has 0 saturated carbocycles. The SMILES string of the molecule is COc1ccc(Cl)cc1C(=O)NCCc1cccc(NS(=O)[O-])c1. The molecule has 0 bridgehead atoms. The van der Waals surface area contributed by atoms with Crippen molar-refractivity contribution in [1.82, 2.24) is 5.32 Å². The smallest absolute Gasteiger partial charge is 0.255 e. The van der Waals surface area contributed by atoms with Crippen LogP contribution in [0.1, 0.15) is 15.9 Å². The zero-order chi connectivity index (χ0) is 17.5. The Kier molecular flexibility index (Phi) is 6.60. The molecule has 128 valence electrons. The number of nitrogens with one attached hydrogen (secondary N) is 2. The molecule has 6 nitrogen and oxygen atoms in total. The summed E-state index contributed by atoms with van der Waals surface area (Å²) in [4.78, 5) is 12.2. The van der Waals surface area contributed by atoms with Crippen LogP contribution in [0, 0.1) is 0 Å². The van der Waals surface area contributed by atoms with Crippen LogP contribution in [-0.2, 0) is 17.7 Å². The van der Waals surface area contributed by atoms with Gasteiger partial charge in [-0.25, -0.2) is 0 Å². The second-order valence-electron chi connectivity index (χ2n) is 4.89. The second-order valence-corrected chi connectivity index (χ2v) is 6.00. The van der Waals surface area contributed by atoms with Crippen molar-refractivity contribution in [3.8, 4) is 5.75 Å². The van der Waals surface area contributed by atoms with Crippen LogP contribution in [0.15, 0.2) is 42.5 Å². The lowest BCUT2D eigenvalue weighted by Gasteiger charge is -2.11. The Labute approximate surface area is 147 Å². The largest absolute Gasteiger partial charge is 0.755 e. The standard InChI is InChI=1S/C16H17ClN2O4S/c1-23-15-6-5-12(17)10-14(15)16(20)18-8-7-11-3-2-4-13(9-11)19-24(21)22/h2-6,9-10,19H,7-8H2,1H3,(H,18,20)(H,21,22)/p-1. The number of hydrogen-bond donors (Lipinski definition) is 2. The average Bonchev–Trinajstić information content (AvgIpc) is 2.54. The van der Waals surface area contributed by atoms with E-state index in [-0.39, 0.29) is 5.91 Å². The third-order valence-corrected chi connectivity index (χ3v) is 3.87. The van der Waals surface area contributed by atoms with E-state index >= 15 is 0 Å². The highest BCUT2D eigenvalue weighted by molar-refractivity contribution is 7.80. The van der Waals surface area contributed by atoms with Crippen LogP contribution in [0.4, 0.5) is 5.69 Å². The number of hydrogen-bond acceptors (Lipinski definition) is 4. The number of ether oxygens (including phenoxy) is 1. The number of rotatable bonds is 7. The van der Waals surface area contributed by atoms with Gasteiger partial charge in [0.1, 0.15) is 5.75 Å². The highest BCUT2D eigenvalue weighted by Gasteiger charge is 2.12. The molecule has 2 aromatic carbocycles. The zero-order valence-corrected chi connectivity index (χ0v) is 14.4. The first-order chi connectivity index (χ1) is 11.5. The van der Waals surface area contributed by atoms with E-state index in [1.807, 2.05) is 6.07 Å². The van der Waals surface area contributed by atoms with Crippen molar-refractivity contribution in [3.05, 3.63) is 58.6 Å². The fraction of sp³-hybridized carbons (Fsp3) is 0.188. The van der Waals surface area contributed by atoms with Gasteiger partial charge >= 0.3 is 0 Å². The van der Waals surface area contributed by atoms with Crippen molar-refractivity contribution >= 4 is 34.5 Å². The maximum Gasteiger partial charge on any atom is 0.255 e. The Bertz CT molecular complexity index is 755. The minimum atomic E-state index is -2.36. The number of benzene rings is 2. The maximum absolute atomic E-state index is 12.2. The first kappa shape index (κ1) is 18.3. The van der Waals surface area contributed by atoms with E-state index in [1.165, 1.54) is 7.11 Å². The monoisotopic (exact) mass is 367 g/mol. The summed E-state index contributed by atoms with van der Waals surface area (Å²) in [6.07, 6.45) is 0.551. The van der Waals surface area contributed by atoms with Crippen LogP contribution in [0.2, 0.25) is 5.02 Å². The van der Waals surface area contributed by atoms with Gasteiger partial charge in [-0.2, -0.15) is 0 Å². The Morgan fingerprint density at radius 3 is 2.79 bits per heavy atom. The molecule has 0 radical (unpaired) electrons. The molecular weight excluding hydrogens is 352 g/mol. The summed E-state index contributed by atoms with van der Waals surface area (Å²) < 4.78 is 28.7. The molecule has 2 rings (SSSR count). The molecule has 24 heavy (non-hydrogen) atoms. The minimum Gasteiger partial charge on any atom is -0.755 e. The summed E-state index contributed by atoms with van der Waals surface area (Å²) in [5.41, 5.74) is 1.73. The average molecular weight is 368 g/mol. The van der Waals surface area contributed by atoms with E-state index in [1.54, 1.807) is 36.4 Å². The molecule has 0 aliphatic rings. The van der Waals surface area contributed by atoms with Crippen molar-refractivity contribution in [3.63, 3.8) is 0 Å². The lowest BCUT2D eigenvalue weighted by molar-refractivity contribution is 0.0951. The first-order valence-electron chi connectivity index (χ1n) is 7.06. The Hall–Kier alpha value is -2.09. The van der Waals surface area contributed by atoms with Gasteiger partial charge in [-0.15, -0.1) is 0 Å². The Morgan fingerprint density at radius 1 is 1.29 bits per heavy atom. The summed E-state index contributed by atoms with van der Waals surface area (Å²) in [5, 5.41) is 3.24. The van der Waals surface area contributed by atoms with Gasteiger partial charge < -0.3 is 19.3 Å². The summed E-state index contributed by atoms with van der Waals surface area (Å²) in [6, 6.07) is 11.8. The van der Waals surface area contributed by atoms with E-state index in [2.05, 4.69) is 10.0 Å². The van der Waals surface area contributed by atoms with Crippen LogP contribution in [0.5, 0.6) is 5.75 Å². The number of amides is 1. The molecule has 1 unspecified atom stereocenters. The van der Waals surface area contributed by atoms with E-state index in [0.717, 1.165) is 5.56 Å². The molecule has 1 atom stereocenters. The lowest BCUT2D eigenvalue weighted by Crippen LogP contribution is -2.26. The van der Waals surface area contributed by atoms with Crippen molar-refractivity contribution in [2.24, 2.45) is 0 Å². The summed E-state index contributed by atoms with van der Waals surface area (Å²) >= 11 is 3.55. The van der Waals surface area contributed by atoms with Crippen molar-refractivity contribution < 1.29 is 18.3 Å². The molecular formula is C16H16ClN2O4S-. The molecule has 0 aliphatic carbocycles. The summed E-state index contributed by atoms with van der Waals surface area (Å²) in [7, 11) is 1.48. The number of methoxy groups -OCH3 is 1. The van der Waals surface area contributed by atoms with Crippen LogP contribution in [0.25, 0.3) is 0 Å². The highest BCUT2D eigenvalue weighted by atomic mass is 35.5. The zero-order valence-electron chi connectivity index (χ0n) is 12.9. The number of carbonyl (C=O) groups is 1. The van der Waals surface area contributed by atoms with Gasteiger partial charge in [-0.3, -0.25) is 9.00 Å². The normalized spacial score (nSPS) is 11.6. The third kappa shape index (κ3) is 5.23. The molecule has 0 saturated heterocycles. The lowest BCUT2D eigenvalue weighted by atomic mass is 10.1. The van der Waals surface area contributed by atoms with Crippen LogP contribution in [0.3, 0.4) is 0 Å². The molecule has 0 fully saturated rings. The van der Waals surface area contributed by atoms with E-state index in [0.29, 0.717) is 35.0 Å². The Morgan fingerprint density at radius 2 is 2.08 bits per heavy atom. The predicted molar refractivity (Wildman–Crippen MR) is 93.0 cm³/mol. The van der Waals surface area contributed by atoms with Gasteiger partial charge in [0.2, 0.25) is 0 Å². The summed E-state index contributed by atoms with van der Waals surface area (Å²) in [6.45, 7) is 0.387. The highest BCUT2D eigenvalue weighted by Crippen LogP contribution is 2.22. The second kappa shape index (κ2) is 8.68. The number of anilines is 1. The van der Waals surface area contributed by atoms with Gasteiger partial charge in [0.25, 0.3) is 5.91 Å². The third-order valence-electron chi connectivity index (χ3n) is 3.23. The minimum absolute atomic E-state index is 0.288. The maximum atomic E-state index is 12.2.